The maximum Gasteiger partial charge on any atom is 0.0844 e. The van der Waals surface area contributed by atoms with Gasteiger partial charge in [-0.05, 0) is 20.3 Å². The molecule has 1 N–H and O–H groups in total. The molecule has 0 bridgehead atoms. The molecular formula is C9H15ClN2O. The predicted octanol–water partition coefficient (Wildman–Crippen LogP) is 1.92. The van der Waals surface area contributed by atoms with E-state index in [1.54, 1.807) is 4.68 Å². The lowest BCUT2D eigenvalue weighted by atomic mass is 10.3. The predicted molar refractivity (Wildman–Crippen MR) is 53.0 cm³/mol. The van der Waals surface area contributed by atoms with Gasteiger partial charge in [0.25, 0.3) is 0 Å². The molecule has 0 fully saturated rings. The largest absolute Gasteiger partial charge is 0.391 e. The molecule has 0 aliphatic carbocycles. The molecule has 0 radical (unpaired) electrons. The zero-order valence-corrected chi connectivity index (χ0v) is 8.97. The number of hydrogen-bond acceptors (Lipinski definition) is 2. The van der Waals surface area contributed by atoms with E-state index >= 15 is 0 Å². The normalized spacial score (nSPS) is 13.3. The molecule has 0 saturated carbocycles. The third kappa shape index (κ3) is 2.23. The Bertz CT molecular complexity index is 296. The van der Waals surface area contributed by atoms with Crippen molar-refractivity contribution in [3.8, 4) is 0 Å². The van der Waals surface area contributed by atoms with Crippen LogP contribution >= 0.6 is 11.6 Å². The number of aliphatic hydroxyl groups excluding tert-OH is 1. The van der Waals surface area contributed by atoms with Gasteiger partial charge in [0.1, 0.15) is 0 Å². The minimum Gasteiger partial charge on any atom is -0.391 e. The minimum atomic E-state index is -0.339. The highest BCUT2D eigenvalue weighted by Gasteiger charge is 2.11. The second kappa shape index (κ2) is 4.11. The Morgan fingerprint density at radius 1 is 1.54 bits per heavy atom. The molecule has 4 heteroatoms. The van der Waals surface area contributed by atoms with Gasteiger partial charge in [0.2, 0.25) is 0 Å². The van der Waals surface area contributed by atoms with Crippen LogP contribution in [0.1, 0.15) is 24.7 Å². The summed E-state index contributed by atoms with van der Waals surface area (Å²) in [6, 6.07) is 0. The van der Waals surface area contributed by atoms with Gasteiger partial charge in [0.15, 0.2) is 0 Å². The third-order valence-corrected chi connectivity index (χ3v) is 2.70. The quantitative estimate of drug-likeness (QED) is 0.814. The Kier molecular flexibility index (Phi) is 3.33. The molecule has 0 unspecified atom stereocenters. The average molecular weight is 203 g/mol. The lowest BCUT2D eigenvalue weighted by molar-refractivity contribution is 0.144. The summed E-state index contributed by atoms with van der Waals surface area (Å²) in [6.45, 7) is 6.24. The molecule has 0 spiro atoms. The van der Waals surface area contributed by atoms with Crippen molar-refractivity contribution in [2.75, 3.05) is 0 Å². The van der Waals surface area contributed by atoms with Gasteiger partial charge in [-0.1, -0.05) is 18.5 Å². The number of nitrogens with zero attached hydrogens (tertiary/aromatic N) is 2. The summed E-state index contributed by atoms with van der Waals surface area (Å²) < 4.78 is 1.76. The molecule has 0 aliphatic heterocycles. The van der Waals surface area contributed by atoms with Crippen LogP contribution in [0, 0.1) is 13.8 Å². The van der Waals surface area contributed by atoms with E-state index in [1.165, 1.54) is 0 Å². The van der Waals surface area contributed by atoms with Gasteiger partial charge in [0, 0.05) is 0 Å². The molecule has 74 valence electrons. The van der Waals surface area contributed by atoms with Gasteiger partial charge in [-0.15, -0.1) is 0 Å². The van der Waals surface area contributed by atoms with Crippen molar-refractivity contribution in [3.05, 3.63) is 16.4 Å². The smallest absolute Gasteiger partial charge is 0.0844 e. The van der Waals surface area contributed by atoms with Crippen molar-refractivity contribution in [2.45, 2.75) is 39.8 Å². The van der Waals surface area contributed by atoms with Crippen LogP contribution < -0.4 is 0 Å². The van der Waals surface area contributed by atoms with Crippen molar-refractivity contribution in [2.24, 2.45) is 0 Å². The van der Waals surface area contributed by atoms with E-state index in [2.05, 4.69) is 5.10 Å². The number of rotatable bonds is 3. The molecule has 1 rings (SSSR count). The van der Waals surface area contributed by atoms with E-state index in [0.717, 1.165) is 17.8 Å². The number of aromatic nitrogens is 2. The molecule has 0 aliphatic rings. The lowest BCUT2D eigenvalue weighted by Crippen LogP contribution is -2.16. The Labute approximate surface area is 83.3 Å². The van der Waals surface area contributed by atoms with Gasteiger partial charge in [-0.25, -0.2) is 0 Å². The summed E-state index contributed by atoms with van der Waals surface area (Å²) >= 11 is 5.96. The van der Waals surface area contributed by atoms with Crippen molar-refractivity contribution in [1.29, 1.82) is 0 Å². The molecule has 0 aromatic carbocycles. The van der Waals surface area contributed by atoms with E-state index in [-0.39, 0.29) is 6.10 Å². The van der Waals surface area contributed by atoms with Gasteiger partial charge in [-0.2, -0.15) is 5.10 Å². The summed E-state index contributed by atoms with van der Waals surface area (Å²) in [4.78, 5) is 0. The van der Waals surface area contributed by atoms with Crippen LogP contribution in [0.3, 0.4) is 0 Å². The second-order valence-corrected chi connectivity index (χ2v) is 3.61. The zero-order chi connectivity index (χ0) is 10.0. The SMILES string of the molecule is CC[C@H](O)Cn1nc(C)c(Cl)c1C. The third-order valence-electron chi connectivity index (χ3n) is 2.15. The maximum absolute atomic E-state index is 9.43. The molecule has 1 atom stereocenters. The van der Waals surface area contributed by atoms with Gasteiger partial charge < -0.3 is 5.11 Å². The van der Waals surface area contributed by atoms with Crippen LogP contribution in [0.4, 0.5) is 0 Å². The first-order valence-electron chi connectivity index (χ1n) is 4.43. The van der Waals surface area contributed by atoms with Gasteiger partial charge in [-0.3, -0.25) is 4.68 Å². The molecular weight excluding hydrogens is 188 g/mol. The van der Waals surface area contributed by atoms with E-state index in [1.807, 2.05) is 20.8 Å². The first-order chi connectivity index (χ1) is 6.06. The fourth-order valence-corrected chi connectivity index (χ4v) is 1.32. The highest BCUT2D eigenvalue weighted by atomic mass is 35.5. The monoisotopic (exact) mass is 202 g/mol. The van der Waals surface area contributed by atoms with Crippen LogP contribution in [-0.2, 0) is 6.54 Å². The summed E-state index contributed by atoms with van der Waals surface area (Å²) in [5.41, 5.74) is 1.74. The summed E-state index contributed by atoms with van der Waals surface area (Å²) in [5.74, 6) is 0. The van der Waals surface area contributed by atoms with Gasteiger partial charge >= 0.3 is 0 Å². The minimum absolute atomic E-state index is 0.339. The van der Waals surface area contributed by atoms with Crippen LogP contribution in [0.2, 0.25) is 5.02 Å². The maximum atomic E-state index is 9.43. The van der Waals surface area contributed by atoms with E-state index in [9.17, 15) is 5.11 Å². The molecule has 1 heterocycles. The van der Waals surface area contributed by atoms with Crippen LogP contribution in [0.25, 0.3) is 0 Å². The summed E-state index contributed by atoms with van der Waals surface area (Å²) in [5, 5.41) is 14.4. The topological polar surface area (TPSA) is 38.0 Å². The molecule has 1 aromatic rings. The fourth-order valence-electron chi connectivity index (χ4n) is 1.18. The van der Waals surface area contributed by atoms with Crippen LogP contribution in [0.5, 0.6) is 0 Å². The van der Waals surface area contributed by atoms with Crippen molar-refractivity contribution in [3.63, 3.8) is 0 Å². The number of hydrogen-bond donors (Lipinski definition) is 1. The Morgan fingerprint density at radius 3 is 2.54 bits per heavy atom. The Hall–Kier alpha value is -0.540. The van der Waals surface area contributed by atoms with E-state index in [4.69, 9.17) is 11.6 Å². The molecule has 0 saturated heterocycles. The fraction of sp³-hybridized carbons (Fsp3) is 0.667. The van der Waals surface area contributed by atoms with Crippen molar-refractivity contribution in [1.82, 2.24) is 9.78 Å². The summed E-state index contributed by atoms with van der Waals surface area (Å²) in [6.07, 6.45) is 0.393. The standard InChI is InChI=1S/C9H15ClN2O/c1-4-8(13)5-12-7(3)9(10)6(2)11-12/h8,13H,4-5H2,1-3H3/t8-/m0/s1. The highest BCUT2D eigenvalue weighted by molar-refractivity contribution is 6.31. The molecule has 3 nitrogen and oxygen atoms in total. The highest BCUT2D eigenvalue weighted by Crippen LogP contribution is 2.19. The lowest BCUT2D eigenvalue weighted by Gasteiger charge is -2.08. The molecule has 1 aromatic heterocycles. The van der Waals surface area contributed by atoms with E-state index in [0.29, 0.717) is 11.6 Å². The number of halogens is 1. The van der Waals surface area contributed by atoms with E-state index < -0.39 is 0 Å². The first kappa shape index (κ1) is 10.5. The average Bonchev–Trinajstić information content (AvgIpc) is 2.34. The van der Waals surface area contributed by atoms with Crippen LogP contribution in [-0.4, -0.2) is 21.0 Å². The van der Waals surface area contributed by atoms with Crippen molar-refractivity contribution < 1.29 is 5.11 Å². The van der Waals surface area contributed by atoms with Gasteiger partial charge in [0.05, 0.1) is 29.1 Å². The number of aliphatic hydroxyl groups is 1. The zero-order valence-electron chi connectivity index (χ0n) is 8.21. The van der Waals surface area contributed by atoms with Crippen molar-refractivity contribution >= 4 is 11.6 Å². The second-order valence-electron chi connectivity index (χ2n) is 3.23. The first-order valence-corrected chi connectivity index (χ1v) is 4.81. The Morgan fingerprint density at radius 2 is 2.15 bits per heavy atom. The summed E-state index contributed by atoms with van der Waals surface area (Å²) in [7, 11) is 0. The number of aryl methyl sites for hydroxylation is 1. The molecule has 13 heavy (non-hydrogen) atoms. The molecule has 0 amide bonds. The van der Waals surface area contributed by atoms with Crippen LogP contribution in [0.15, 0.2) is 0 Å². The Balaban J connectivity index is 2.83.